The van der Waals surface area contributed by atoms with Gasteiger partial charge in [0.25, 0.3) is 0 Å². The van der Waals surface area contributed by atoms with Gasteiger partial charge in [-0.05, 0) is 29.0 Å². The second-order valence-electron chi connectivity index (χ2n) is 6.48. The fourth-order valence-corrected chi connectivity index (χ4v) is 8.77. The predicted octanol–water partition coefficient (Wildman–Crippen LogP) is 5.23. The summed E-state index contributed by atoms with van der Waals surface area (Å²) in [6.07, 6.45) is 7.27. The van der Waals surface area contributed by atoms with Crippen molar-refractivity contribution in [2.24, 2.45) is 5.92 Å². The van der Waals surface area contributed by atoms with Crippen molar-refractivity contribution in [2.75, 3.05) is 6.61 Å². The Labute approximate surface area is 116 Å². The van der Waals surface area contributed by atoms with E-state index in [1.807, 2.05) is 0 Å². The minimum absolute atomic E-state index is 0.573. The Morgan fingerprint density at radius 1 is 0.944 bits per heavy atom. The Balaban J connectivity index is 4.66. The molecule has 0 aliphatic rings. The SMILES string of the molecule is C#CCC[C@H](C)CO[Si](C(C)C)(C(C)C)C(C)C. The summed E-state index contributed by atoms with van der Waals surface area (Å²) >= 11 is 0. The Bertz CT molecular complexity index is 241. The quantitative estimate of drug-likeness (QED) is 0.433. The summed E-state index contributed by atoms with van der Waals surface area (Å²) in [4.78, 5) is 0. The molecular weight excluding hydrogens is 236 g/mol. The number of terminal acetylenes is 1. The van der Waals surface area contributed by atoms with Gasteiger partial charge in [0.1, 0.15) is 0 Å². The average molecular weight is 269 g/mol. The molecule has 1 atom stereocenters. The van der Waals surface area contributed by atoms with Crippen LogP contribution in [0.15, 0.2) is 0 Å². The van der Waals surface area contributed by atoms with Gasteiger partial charge >= 0.3 is 0 Å². The maximum Gasteiger partial charge on any atom is 0.200 e. The molecule has 0 rings (SSSR count). The Morgan fingerprint density at radius 2 is 1.39 bits per heavy atom. The fourth-order valence-electron chi connectivity index (χ4n) is 3.20. The van der Waals surface area contributed by atoms with Gasteiger partial charge in [-0.1, -0.05) is 48.5 Å². The second-order valence-corrected chi connectivity index (χ2v) is 11.9. The van der Waals surface area contributed by atoms with Crippen molar-refractivity contribution >= 4 is 8.32 Å². The van der Waals surface area contributed by atoms with Gasteiger partial charge < -0.3 is 4.43 Å². The van der Waals surface area contributed by atoms with Crippen molar-refractivity contribution in [2.45, 2.75) is 77.9 Å². The molecule has 0 amide bonds. The molecule has 0 spiro atoms. The van der Waals surface area contributed by atoms with E-state index >= 15 is 0 Å². The van der Waals surface area contributed by atoms with E-state index in [0.717, 1.165) is 19.4 Å². The third kappa shape index (κ3) is 4.44. The van der Waals surface area contributed by atoms with Gasteiger partial charge in [0.15, 0.2) is 8.32 Å². The zero-order valence-corrected chi connectivity index (χ0v) is 14.4. The van der Waals surface area contributed by atoms with E-state index in [9.17, 15) is 0 Å². The van der Waals surface area contributed by atoms with E-state index in [0.29, 0.717) is 22.5 Å². The number of hydrogen-bond acceptors (Lipinski definition) is 1. The summed E-state index contributed by atoms with van der Waals surface area (Å²) in [5.41, 5.74) is 1.99. The molecular formula is C16H32OSi. The Hall–Kier alpha value is -0.263. The van der Waals surface area contributed by atoms with Crippen LogP contribution in [0.1, 0.15) is 61.3 Å². The lowest BCUT2D eigenvalue weighted by atomic mass is 10.1. The molecule has 0 bridgehead atoms. The van der Waals surface area contributed by atoms with E-state index in [1.165, 1.54) is 0 Å². The lowest BCUT2D eigenvalue weighted by Crippen LogP contribution is -2.48. The molecule has 0 saturated heterocycles. The van der Waals surface area contributed by atoms with Crippen LogP contribution in [-0.4, -0.2) is 14.9 Å². The molecule has 0 aromatic heterocycles. The highest BCUT2D eigenvalue weighted by molar-refractivity contribution is 6.77. The molecule has 0 unspecified atom stereocenters. The van der Waals surface area contributed by atoms with Gasteiger partial charge in [0.2, 0.25) is 0 Å². The molecule has 18 heavy (non-hydrogen) atoms. The molecule has 2 heteroatoms. The summed E-state index contributed by atoms with van der Waals surface area (Å²) in [5, 5.41) is 0. The van der Waals surface area contributed by atoms with Crippen LogP contribution in [0.4, 0.5) is 0 Å². The van der Waals surface area contributed by atoms with E-state index in [2.05, 4.69) is 54.4 Å². The molecule has 0 N–H and O–H groups in total. The summed E-state index contributed by atoms with van der Waals surface area (Å²) < 4.78 is 6.54. The standard InChI is InChI=1S/C16H32OSi/c1-9-10-11-16(8)12-17-18(13(2)3,14(4)5)15(6)7/h1,13-16H,10-12H2,2-8H3/t16-/m0/s1. The number of rotatable bonds is 8. The van der Waals surface area contributed by atoms with Crippen LogP contribution in [0.5, 0.6) is 0 Å². The highest BCUT2D eigenvalue weighted by atomic mass is 28.4. The highest BCUT2D eigenvalue weighted by Crippen LogP contribution is 2.42. The molecule has 0 radical (unpaired) electrons. The van der Waals surface area contributed by atoms with E-state index < -0.39 is 8.32 Å². The lowest BCUT2D eigenvalue weighted by Gasteiger charge is -2.42. The highest BCUT2D eigenvalue weighted by Gasteiger charge is 2.45. The van der Waals surface area contributed by atoms with Crippen LogP contribution >= 0.6 is 0 Å². The summed E-state index contributed by atoms with van der Waals surface area (Å²) in [7, 11) is -1.68. The first-order chi connectivity index (χ1) is 8.28. The smallest absolute Gasteiger partial charge is 0.200 e. The average Bonchev–Trinajstić information content (AvgIpc) is 2.25. The third-order valence-corrected chi connectivity index (χ3v) is 10.2. The van der Waals surface area contributed by atoms with Gasteiger partial charge in [0, 0.05) is 13.0 Å². The van der Waals surface area contributed by atoms with Crippen molar-refractivity contribution in [3.05, 3.63) is 0 Å². The minimum Gasteiger partial charge on any atom is -0.416 e. The fraction of sp³-hybridized carbons (Fsp3) is 0.875. The van der Waals surface area contributed by atoms with Crippen LogP contribution < -0.4 is 0 Å². The second kappa shape index (κ2) is 8.02. The molecule has 0 aromatic rings. The summed E-state index contributed by atoms with van der Waals surface area (Å²) in [6.45, 7) is 17.1. The van der Waals surface area contributed by atoms with Gasteiger partial charge in [-0.15, -0.1) is 12.3 Å². The van der Waals surface area contributed by atoms with E-state index in [4.69, 9.17) is 10.8 Å². The maximum absolute atomic E-state index is 6.54. The van der Waals surface area contributed by atoms with Gasteiger partial charge in [-0.3, -0.25) is 0 Å². The topological polar surface area (TPSA) is 9.23 Å². The van der Waals surface area contributed by atoms with Crippen LogP contribution in [0, 0.1) is 18.3 Å². The zero-order valence-electron chi connectivity index (χ0n) is 13.4. The van der Waals surface area contributed by atoms with Crippen molar-refractivity contribution in [3.63, 3.8) is 0 Å². The molecule has 0 heterocycles. The van der Waals surface area contributed by atoms with Crippen LogP contribution in [0.2, 0.25) is 16.6 Å². The normalized spacial score (nSPS) is 14.3. The Kier molecular flexibility index (Phi) is 7.90. The molecule has 0 aromatic carbocycles. The first-order valence-electron chi connectivity index (χ1n) is 7.36. The van der Waals surface area contributed by atoms with Gasteiger partial charge in [0.05, 0.1) is 0 Å². The van der Waals surface area contributed by atoms with E-state index in [1.54, 1.807) is 0 Å². The van der Waals surface area contributed by atoms with Crippen molar-refractivity contribution in [1.29, 1.82) is 0 Å². The molecule has 0 aliphatic heterocycles. The van der Waals surface area contributed by atoms with E-state index in [-0.39, 0.29) is 0 Å². The van der Waals surface area contributed by atoms with Gasteiger partial charge in [-0.2, -0.15) is 0 Å². The molecule has 0 aliphatic carbocycles. The largest absolute Gasteiger partial charge is 0.416 e. The lowest BCUT2D eigenvalue weighted by molar-refractivity contribution is 0.224. The van der Waals surface area contributed by atoms with Crippen molar-refractivity contribution in [3.8, 4) is 12.3 Å². The Morgan fingerprint density at radius 3 is 1.72 bits per heavy atom. The molecule has 106 valence electrons. The first-order valence-corrected chi connectivity index (χ1v) is 9.50. The number of hydrogen-bond donors (Lipinski definition) is 0. The van der Waals surface area contributed by atoms with Crippen molar-refractivity contribution in [1.82, 2.24) is 0 Å². The summed E-state index contributed by atoms with van der Waals surface area (Å²) in [6, 6.07) is 0. The predicted molar refractivity (Wildman–Crippen MR) is 84.2 cm³/mol. The monoisotopic (exact) mass is 268 g/mol. The van der Waals surface area contributed by atoms with Crippen molar-refractivity contribution < 1.29 is 4.43 Å². The first kappa shape index (κ1) is 17.7. The van der Waals surface area contributed by atoms with Gasteiger partial charge in [-0.25, -0.2) is 0 Å². The van der Waals surface area contributed by atoms with Crippen LogP contribution in [-0.2, 0) is 4.43 Å². The van der Waals surface area contributed by atoms with Crippen LogP contribution in [0.25, 0.3) is 0 Å². The minimum atomic E-state index is -1.68. The zero-order chi connectivity index (χ0) is 14.3. The molecule has 0 fully saturated rings. The molecule has 1 nitrogen and oxygen atoms in total. The van der Waals surface area contributed by atoms with Crippen LogP contribution in [0.3, 0.4) is 0 Å². The summed E-state index contributed by atoms with van der Waals surface area (Å²) in [5.74, 6) is 3.29. The third-order valence-electron chi connectivity index (χ3n) is 4.11. The maximum atomic E-state index is 6.54. The molecule has 0 saturated carbocycles.